The Hall–Kier alpha value is -1.40. The maximum Gasteiger partial charge on any atom is 0.245 e. The van der Waals surface area contributed by atoms with E-state index in [1.54, 1.807) is 6.33 Å². The third kappa shape index (κ3) is 2.58. The zero-order chi connectivity index (χ0) is 13.9. The number of nitrogens with zero attached hydrogens (tertiary/aromatic N) is 3. The fourth-order valence-electron chi connectivity index (χ4n) is 2.96. The molecule has 0 aromatic carbocycles. The van der Waals surface area contributed by atoms with Gasteiger partial charge in [-0.15, -0.1) is 0 Å². The summed E-state index contributed by atoms with van der Waals surface area (Å²) in [5.41, 5.74) is 0.984. The summed E-state index contributed by atoms with van der Waals surface area (Å²) in [4.78, 5) is 18.7. The van der Waals surface area contributed by atoms with Gasteiger partial charge < -0.3 is 19.5 Å². The molecule has 1 aromatic heterocycles. The lowest BCUT2D eigenvalue weighted by molar-refractivity contribution is -0.133. The van der Waals surface area contributed by atoms with E-state index in [4.69, 9.17) is 4.74 Å². The lowest BCUT2D eigenvalue weighted by Crippen LogP contribution is -2.37. The first-order valence-electron chi connectivity index (χ1n) is 7.40. The first-order chi connectivity index (χ1) is 9.77. The fraction of sp³-hybridized carbons (Fsp3) is 0.714. The van der Waals surface area contributed by atoms with Gasteiger partial charge in [0.1, 0.15) is 12.1 Å². The summed E-state index contributed by atoms with van der Waals surface area (Å²) >= 11 is 0. The molecule has 110 valence electrons. The lowest BCUT2D eigenvalue weighted by atomic mass is 10.2. The Morgan fingerprint density at radius 2 is 2.30 bits per heavy atom. The summed E-state index contributed by atoms with van der Waals surface area (Å²) < 4.78 is 7.73. The van der Waals surface area contributed by atoms with E-state index in [2.05, 4.69) is 10.3 Å². The summed E-state index contributed by atoms with van der Waals surface area (Å²) in [5.74, 6) is 0.186. The molecule has 2 atom stereocenters. The van der Waals surface area contributed by atoms with Crippen molar-refractivity contribution in [2.75, 3.05) is 32.8 Å². The monoisotopic (exact) mass is 278 g/mol. The highest BCUT2D eigenvalue weighted by molar-refractivity contribution is 5.80. The van der Waals surface area contributed by atoms with E-state index in [1.165, 1.54) is 0 Å². The van der Waals surface area contributed by atoms with Crippen LogP contribution in [0.15, 0.2) is 12.5 Å². The average Bonchev–Trinajstić information content (AvgIpc) is 3.17. The molecule has 1 N–H and O–H groups in total. The minimum Gasteiger partial charge on any atom is -0.369 e. The van der Waals surface area contributed by atoms with Crippen molar-refractivity contribution in [2.45, 2.75) is 31.9 Å². The van der Waals surface area contributed by atoms with Gasteiger partial charge in [-0.05, 0) is 19.8 Å². The van der Waals surface area contributed by atoms with Crippen LogP contribution in [0, 0.1) is 0 Å². The van der Waals surface area contributed by atoms with Gasteiger partial charge in [0.25, 0.3) is 0 Å². The van der Waals surface area contributed by atoms with Crippen LogP contribution in [0.4, 0.5) is 0 Å². The highest BCUT2D eigenvalue weighted by atomic mass is 16.5. The van der Waals surface area contributed by atoms with Gasteiger partial charge in [-0.25, -0.2) is 4.98 Å². The van der Waals surface area contributed by atoms with E-state index in [1.807, 2.05) is 22.6 Å². The number of likely N-dealkylation sites (tertiary alicyclic amines) is 1. The van der Waals surface area contributed by atoms with Gasteiger partial charge in [-0.3, -0.25) is 4.79 Å². The molecule has 0 radical (unpaired) electrons. The van der Waals surface area contributed by atoms with Crippen molar-refractivity contribution in [3.63, 3.8) is 0 Å². The zero-order valence-electron chi connectivity index (χ0n) is 11.9. The summed E-state index contributed by atoms with van der Waals surface area (Å²) in [7, 11) is 0. The predicted molar refractivity (Wildman–Crippen MR) is 74.3 cm³/mol. The van der Waals surface area contributed by atoms with Gasteiger partial charge >= 0.3 is 0 Å². The van der Waals surface area contributed by atoms with Crippen LogP contribution in [0.2, 0.25) is 0 Å². The van der Waals surface area contributed by atoms with E-state index in [9.17, 15) is 4.79 Å². The molecule has 0 spiro atoms. The molecule has 2 saturated heterocycles. The number of morpholine rings is 1. The highest BCUT2D eigenvalue weighted by Crippen LogP contribution is 2.23. The molecule has 0 bridgehead atoms. The second-order valence-electron chi connectivity index (χ2n) is 5.50. The molecule has 2 unspecified atom stereocenters. The number of rotatable bonds is 3. The minimum absolute atomic E-state index is 0.0138. The molecular formula is C14H22N4O2. The molecule has 2 aliphatic heterocycles. The van der Waals surface area contributed by atoms with Crippen LogP contribution in [-0.2, 0) is 9.53 Å². The summed E-state index contributed by atoms with van der Waals surface area (Å²) in [6, 6.07) is -0.212. The Balaban J connectivity index is 1.75. The third-order valence-electron chi connectivity index (χ3n) is 4.15. The number of amides is 1. The molecule has 3 rings (SSSR count). The number of aromatic nitrogens is 2. The Labute approximate surface area is 119 Å². The molecular weight excluding hydrogens is 256 g/mol. The third-order valence-corrected chi connectivity index (χ3v) is 4.15. The second kappa shape index (κ2) is 5.93. The van der Waals surface area contributed by atoms with Crippen LogP contribution in [0.3, 0.4) is 0 Å². The van der Waals surface area contributed by atoms with Crippen molar-refractivity contribution >= 4 is 5.91 Å². The van der Waals surface area contributed by atoms with E-state index in [-0.39, 0.29) is 18.1 Å². The van der Waals surface area contributed by atoms with E-state index < -0.39 is 0 Å². The Kier molecular flexibility index (Phi) is 4.03. The first-order valence-corrected chi connectivity index (χ1v) is 7.40. The van der Waals surface area contributed by atoms with Gasteiger partial charge in [-0.1, -0.05) is 0 Å². The molecule has 0 aliphatic carbocycles. The predicted octanol–water partition coefficient (Wildman–Crippen LogP) is 0.727. The minimum atomic E-state index is -0.212. The number of carbonyl (C=O) groups is 1. The zero-order valence-corrected chi connectivity index (χ0v) is 11.9. The number of hydrogen-bond acceptors (Lipinski definition) is 4. The van der Waals surface area contributed by atoms with Crippen molar-refractivity contribution < 1.29 is 9.53 Å². The molecule has 0 saturated carbocycles. The quantitative estimate of drug-likeness (QED) is 0.885. The molecule has 6 heteroatoms. The number of imidazole rings is 1. The number of nitrogens with one attached hydrogen (secondary N) is 1. The van der Waals surface area contributed by atoms with Crippen LogP contribution in [0.1, 0.15) is 37.6 Å². The average molecular weight is 278 g/mol. The molecule has 2 aliphatic rings. The normalized spacial score (nSPS) is 24.9. The summed E-state index contributed by atoms with van der Waals surface area (Å²) in [5, 5.41) is 3.31. The number of hydrogen-bond donors (Lipinski definition) is 1. The number of carbonyl (C=O) groups excluding carboxylic acids is 1. The Morgan fingerprint density at radius 1 is 1.50 bits per heavy atom. The van der Waals surface area contributed by atoms with Crippen LogP contribution >= 0.6 is 0 Å². The SMILES string of the molecule is CC(C(=O)N1CCCC1)n1cncc1C1CNCCO1. The molecule has 6 nitrogen and oxygen atoms in total. The molecule has 20 heavy (non-hydrogen) atoms. The molecule has 3 heterocycles. The van der Waals surface area contributed by atoms with Crippen molar-refractivity contribution in [3.05, 3.63) is 18.2 Å². The van der Waals surface area contributed by atoms with Gasteiger partial charge in [0.05, 0.1) is 24.8 Å². The first kappa shape index (κ1) is 13.6. The van der Waals surface area contributed by atoms with Gasteiger partial charge in [0.2, 0.25) is 5.91 Å². The van der Waals surface area contributed by atoms with Gasteiger partial charge in [0, 0.05) is 26.2 Å². The van der Waals surface area contributed by atoms with Crippen LogP contribution < -0.4 is 5.32 Å². The van der Waals surface area contributed by atoms with Crippen LogP contribution in [0.25, 0.3) is 0 Å². The second-order valence-corrected chi connectivity index (χ2v) is 5.50. The largest absolute Gasteiger partial charge is 0.369 e. The molecule has 1 aromatic rings. The van der Waals surface area contributed by atoms with Crippen LogP contribution in [-0.4, -0.2) is 53.1 Å². The van der Waals surface area contributed by atoms with Gasteiger partial charge in [-0.2, -0.15) is 0 Å². The molecule has 2 fully saturated rings. The van der Waals surface area contributed by atoms with Crippen LogP contribution in [0.5, 0.6) is 0 Å². The van der Waals surface area contributed by atoms with Crippen molar-refractivity contribution in [3.8, 4) is 0 Å². The van der Waals surface area contributed by atoms with Gasteiger partial charge in [0.15, 0.2) is 0 Å². The molecule has 1 amide bonds. The topological polar surface area (TPSA) is 59.4 Å². The van der Waals surface area contributed by atoms with E-state index >= 15 is 0 Å². The lowest BCUT2D eigenvalue weighted by Gasteiger charge is -2.27. The Morgan fingerprint density at radius 3 is 3.00 bits per heavy atom. The highest BCUT2D eigenvalue weighted by Gasteiger charge is 2.28. The smallest absolute Gasteiger partial charge is 0.245 e. The Bertz CT molecular complexity index is 461. The standard InChI is InChI=1S/C14H22N4O2/c1-11(14(19)17-5-2-3-6-17)18-10-16-8-12(18)13-9-15-4-7-20-13/h8,10-11,13,15H,2-7,9H2,1H3. The summed E-state index contributed by atoms with van der Waals surface area (Å²) in [6.07, 6.45) is 5.77. The summed E-state index contributed by atoms with van der Waals surface area (Å²) in [6.45, 7) is 6.07. The van der Waals surface area contributed by atoms with E-state index in [0.717, 1.165) is 44.7 Å². The van der Waals surface area contributed by atoms with Crippen molar-refractivity contribution in [1.29, 1.82) is 0 Å². The maximum absolute atomic E-state index is 12.5. The number of ether oxygens (including phenoxy) is 1. The fourth-order valence-corrected chi connectivity index (χ4v) is 2.96. The van der Waals surface area contributed by atoms with Crippen molar-refractivity contribution in [2.24, 2.45) is 0 Å². The maximum atomic E-state index is 12.5. The van der Waals surface area contributed by atoms with E-state index in [0.29, 0.717) is 6.61 Å². The van der Waals surface area contributed by atoms with Crippen molar-refractivity contribution in [1.82, 2.24) is 19.8 Å².